The number of aromatic nitrogens is 2. The van der Waals surface area contributed by atoms with Gasteiger partial charge in [0.1, 0.15) is 5.82 Å². The molecule has 0 fully saturated rings. The van der Waals surface area contributed by atoms with Gasteiger partial charge in [-0.3, -0.25) is 0 Å². The van der Waals surface area contributed by atoms with E-state index in [0.29, 0.717) is 29.6 Å². The molecule has 0 radical (unpaired) electrons. The van der Waals surface area contributed by atoms with Gasteiger partial charge >= 0.3 is 5.97 Å². The highest BCUT2D eigenvalue weighted by Crippen LogP contribution is 2.21. The monoisotopic (exact) mass is 362 g/mol. The number of aryl methyl sites for hydroxylation is 2. The number of para-hydroxylation sites is 1. The lowest BCUT2D eigenvalue weighted by atomic mass is 10.1. The lowest BCUT2D eigenvalue weighted by molar-refractivity contribution is 0.0602. The van der Waals surface area contributed by atoms with Crippen LogP contribution in [0.25, 0.3) is 0 Å². The van der Waals surface area contributed by atoms with Crippen LogP contribution < -0.4 is 10.6 Å². The normalized spacial score (nSPS) is 10.3. The van der Waals surface area contributed by atoms with Gasteiger partial charge in [0.2, 0.25) is 5.95 Å². The summed E-state index contributed by atoms with van der Waals surface area (Å²) >= 11 is 0. The van der Waals surface area contributed by atoms with E-state index in [1.165, 1.54) is 18.2 Å². The van der Waals surface area contributed by atoms with Crippen LogP contribution in [0.2, 0.25) is 0 Å². The van der Waals surface area contributed by atoms with E-state index in [4.69, 9.17) is 4.74 Å². The van der Waals surface area contributed by atoms with Crippen LogP contribution in [0.3, 0.4) is 0 Å². The van der Waals surface area contributed by atoms with Gasteiger partial charge in [0.15, 0.2) is 0 Å². The Morgan fingerprint density at radius 3 is 2.63 bits per heavy atom. The molecule has 0 atom stereocenters. The number of hydrogen-bond acceptors (Lipinski definition) is 6. The van der Waals surface area contributed by atoms with E-state index in [2.05, 4.69) is 45.7 Å². The van der Waals surface area contributed by atoms with Gasteiger partial charge in [-0.2, -0.15) is 4.98 Å². The molecule has 2 N–H and O–H groups in total. The molecule has 6 nitrogen and oxygen atoms in total. The van der Waals surface area contributed by atoms with Crippen LogP contribution in [-0.4, -0.2) is 23.0 Å². The predicted octanol–water partition coefficient (Wildman–Crippen LogP) is 4.24. The lowest BCUT2D eigenvalue weighted by Crippen LogP contribution is -2.09. The summed E-state index contributed by atoms with van der Waals surface area (Å²) in [5.74, 6) is 0.712. The number of benzene rings is 2. The van der Waals surface area contributed by atoms with E-state index in [1.54, 1.807) is 18.2 Å². The topological polar surface area (TPSA) is 76.1 Å². The van der Waals surface area contributed by atoms with Gasteiger partial charge < -0.3 is 15.4 Å². The number of nitrogens with one attached hydrogen (secondary N) is 2. The van der Waals surface area contributed by atoms with Gasteiger partial charge in [0.25, 0.3) is 0 Å². The lowest BCUT2D eigenvalue weighted by Gasteiger charge is -2.12. The molecule has 3 aromatic rings. The minimum absolute atomic E-state index is 0.413. The smallest absolute Gasteiger partial charge is 0.339 e. The molecule has 0 spiro atoms. The predicted molar refractivity (Wildman–Crippen MR) is 106 cm³/mol. The molecule has 1 heterocycles. The summed E-state index contributed by atoms with van der Waals surface area (Å²) in [6.45, 7) is 4.63. The van der Waals surface area contributed by atoms with Crippen molar-refractivity contribution in [3.63, 3.8) is 0 Å². The maximum Gasteiger partial charge on any atom is 0.339 e. The van der Waals surface area contributed by atoms with Crippen molar-refractivity contribution in [2.24, 2.45) is 0 Å². The second-order valence-electron chi connectivity index (χ2n) is 6.22. The molecule has 6 heteroatoms. The van der Waals surface area contributed by atoms with Crippen LogP contribution in [-0.2, 0) is 11.3 Å². The van der Waals surface area contributed by atoms with Crippen LogP contribution in [0.1, 0.15) is 27.2 Å². The van der Waals surface area contributed by atoms with Crippen molar-refractivity contribution in [3.8, 4) is 0 Å². The van der Waals surface area contributed by atoms with E-state index in [-0.39, 0.29) is 0 Å². The Morgan fingerprint density at radius 2 is 1.85 bits per heavy atom. The first-order valence-corrected chi connectivity index (χ1v) is 8.64. The highest BCUT2D eigenvalue weighted by Gasteiger charge is 2.12. The Balaban J connectivity index is 1.79. The van der Waals surface area contributed by atoms with E-state index in [1.807, 2.05) is 25.1 Å². The molecule has 0 unspecified atom stereocenters. The fraction of sp³-hybridized carbons (Fsp3) is 0.190. The zero-order chi connectivity index (χ0) is 19.2. The maximum atomic E-state index is 11.9. The number of esters is 1. The van der Waals surface area contributed by atoms with Crippen molar-refractivity contribution in [1.82, 2.24) is 9.97 Å². The number of hydrogen-bond donors (Lipinski definition) is 2. The molecule has 0 aliphatic carbocycles. The molecule has 0 aliphatic heterocycles. The summed E-state index contributed by atoms with van der Waals surface area (Å²) in [4.78, 5) is 20.8. The zero-order valence-electron chi connectivity index (χ0n) is 15.6. The highest BCUT2D eigenvalue weighted by atomic mass is 16.5. The van der Waals surface area contributed by atoms with Gasteiger partial charge in [-0.15, -0.1) is 0 Å². The molecule has 3 rings (SSSR count). The number of methoxy groups -OCH3 is 1. The molecule has 138 valence electrons. The third-order valence-corrected chi connectivity index (χ3v) is 3.99. The van der Waals surface area contributed by atoms with Gasteiger partial charge in [-0.05, 0) is 31.5 Å². The van der Waals surface area contributed by atoms with E-state index < -0.39 is 5.97 Å². The molecule has 0 saturated carbocycles. The minimum Gasteiger partial charge on any atom is -0.465 e. The van der Waals surface area contributed by atoms with Crippen LogP contribution in [0.4, 0.5) is 17.5 Å². The summed E-state index contributed by atoms with van der Waals surface area (Å²) in [6.07, 6.45) is 0. The van der Waals surface area contributed by atoms with Crippen molar-refractivity contribution in [2.45, 2.75) is 20.4 Å². The fourth-order valence-corrected chi connectivity index (χ4v) is 2.73. The number of carbonyl (C=O) groups excluding carboxylic acids is 1. The number of nitrogens with zero attached hydrogens (tertiary/aromatic N) is 2. The summed E-state index contributed by atoms with van der Waals surface area (Å²) < 4.78 is 4.83. The Hall–Kier alpha value is -3.41. The highest BCUT2D eigenvalue weighted by molar-refractivity contribution is 5.96. The van der Waals surface area contributed by atoms with Crippen molar-refractivity contribution < 1.29 is 9.53 Å². The number of carbonyl (C=O) groups is 1. The van der Waals surface area contributed by atoms with Crippen molar-refractivity contribution in [1.29, 1.82) is 0 Å². The third kappa shape index (κ3) is 4.82. The van der Waals surface area contributed by atoms with Gasteiger partial charge in [-0.25, -0.2) is 9.78 Å². The Labute approximate surface area is 158 Å². The van der Waals surface area contributed by atoms with Crippen LogP contribution in [0.15, 0.2) is 54.6 Å². The summed E-state index contributed by atoms with van der Waals surface area (Å²) in [6, 6.07) is 17.3. The standard InChI is InChI=1S/C21H22N4O2/c1-14-7-6-8-16(11-14)13-22-19-12-15(2)23-21(25-19)24-18-10-5-4-9-17(18)20(26)27-3/h4-12H,13H2,1-3H3,(H2,22,23,24,25). The summed E-state index contributed by atoms with van der Waals surface area (Å²) in [5.41, 5.74) is 4.24. The number of ether oxygens (including phenoxy) is 1. The Morgan fingerprint density at radius 1 is 1.04 bits per heavy atom. The average Bonchev–Trinajstić information content (AvgIpc) is 2.66. The van der Waals surface area contributed by atoms with Gasteiger partial charge in [0.05, 0.1) is 18.4 Å². The van der Waals surface area contributed by atoms with Crippen molar-refractivity contribution in [3.05, 3.63) is 77.0 Å². The second-order valence-corrected chi connectivity index (χ2v) is 6.22. The average molecular weight is 362 g/mol. The molecule has 0 aliphatic rings. The van der Waals surface area contributed by atoms with Crippen LogP contribution in [0, 0.1) is 13.8 Å². The number of anilines is 3. The van der Waals surface area contributed by atoms with Crippen LogP contribution in [0.5, 0.6) is 0 Å². The molecule has 2 aromatic carbocycles. The molecule has 1 aromatic heterocycles. The summed E-state index contributed by atoms with van der Waals surface area (Å²) in [7, 11) is 1.36. The Kier molecular flexibility index (Phi) is 5.66. The zero-order valence-corrected chi connectivity index (χ0v) is 15.6. The molecule has 0 saturated heterocycles. The quantitative estimate of drug-likeness (QED) is 0.639. The Bertz CT molecular complexity index is 956. The van der Waals surface area contributed by atoms with Crippen molar-refractivity contribution in [2.75, 3.05) is 17.7 Å². The van der Waals surface area contributed by atoms with Gasteiger partial charge in [-0.1, -0.05) is 42.0 Å². The van der Waals surface area contributed by atoms with Crippen molar-refractivity contribution >= 4 is 23.4 Å². The van der Waals surface area contributed by atoms with Crippen LogP contribution >= 0.6 is 0 Å². The maximum absolute atomic E-state index is 11.9. The van der Waals surface area contributed by atoms with E-state index >= 15 is 0 Å². The SMILES string of the molecule is COC(=O)c1ccccc1Nc1nc(C)cc(NCc2cccc(C)c2)n1. The largest absolute Gasteiger partial charge is 0.465 e. The first-order chi connectivity index (χ1) is 13.0. The second kappa shape index (κ2) is 8.31. The van der Waals surface area contributed by atoms with E-state index in [0.717, 1.165) is 5.69 Å². The van der Waals surface area contributed by atoms with Gasteiger partial charge in [0, 0.05) is 18.3 Å². The first-order valence-electron chi connectivity index (χ1n) is 8.64. The fourth-order valence-electron chi connectivity index (χ4n) is 2.73. The third-order valence-electron chi connectivity index (χ3n) is 3.99. The minimum atomic E-state index is -0.413. The molecule has 27 heavy (non-hydrogen) atoms. The first kappa shape index (κ1) is 18.4. The number of rotatable bonds is 6. The molecular formula is C21H22N4O2. The molecule has 0 bridgehead atoms. The molecular weight excluding hydrogens is 340 g/mol. The molecule has 0 amide bonds. The van der Waals surface area contributed by atoms with E-state index in [9.17, 15) is 4.79 Å². The summed E-state index contributed by atoms with van der Waals surface area (Å²) in [5, 5.41) is 6.43.